The maximum atomic E-state index is 13.1. The smallest absolute Gasteiger partial charge is 0.256 e. The molecule has 1 aromatic heterocycles. The molecule has 1 aromatic carbocycles. The molecule has 0 bridgehead atoms. The Morgan fingerprint density at radius 2 is 1.93 bits per heavy atom. The predicted molar refractivity (Wildman–Crippen MR) is 103 cm³/mol. The van der Waals surface area contributed by atoms with Crippen molar-refractivity contribution < 1.29 is 14.0 Å². The van der Waals surface area contributed by atoms with E-state index in [0.717, 1.165) is 24.8 Å². The zero-order chi connectivity index (χ0) is 20.3. The van der Waals surface area contributed by atoms with E-state index in [1.54, 1.807) is 39.3 Å². The van der Waals surface area contributed by atoms with Crippen LogP contribution in [0.25, 0.3) is 0 Å². The molecule has 0 aliphatic carbocycles. The largest absolute Gasteiger partial charge is 0.345 e. The highest BCUT2D eigenvalue weighted by atomic mass is 19.1. The van der Waals surface area contributed by atoms with Crippen molar-refractivity contribution in [2.75, 3.05) is 20.6 Å². The number of carbonyl (C=O) groups is 2. The van der Waals surface area contributed by atoms with Crippen LogP contribution in [0.5, 0.6) is 0 Å². The highest BCUT2D eigenvalue weighted by Gasteiger charge is 2.30. The van der Waals surface area contributed by atoms with Gasteiger partial charge in [0.05, 0.1) is 23.7 Å². The molecule has 2 heterocycles. The van der Waals surface area contributed by atoms with Gasteiger partial charge in [-0.2, -0.15) is 0 Å². The second-order valence-electron chi connectivity index (χ2n) is 7.33. The van der Waals surface area contributed by atoms with Crippen LogP contribution in [0, 0.1) is 12.7 Å². The number of aryl methyl sites for hydroxylation is 1. The van der Waals surface area contributed by atoms with Crippen LogP contribution in [0.3, 0.4) is 0 Å². The van der Waals surface area contributed by atoms with E-state index in [4.69, 9.17) is 0 Å². The number of likely N-dealkylation sites (tertiary alicyclic amines) is 1. The molecule has 1 saturated heterocycles. The molecule has 6 nitrogen and oxygen atoms in total. The topological polar surface area (TPSA) is 66.4 Å². The Labute approximate surface area is 164 Å². The minimum Gasteiger partial charge on any atom is -0.345 e. The van der Waals surface area contributed by atoms with Crippen molar-refractivity contribution >= 4 is 11.8 Å². The zero-order valence-corrected chi connectivity index (χ0v) is 16.5. The molecule has 0 radical (unpaired) electrons. The Morgan fingerprint density at radius 3 is 2.57 bits per heavy atom. The first-order chi connectivity index (χ1) is 13.4. The third-order valence-corrected chi connectivity index (χ3v) is 5.02. The van der Waals surface area contributed by atoms with E-state index < -0.39 is 0 Å². The lowest BCUT2D eigenvalue weighted by atomic mass is 9.99. The molecule has 1 aliphatic rings. The van der Waals surface area contributed by atoms with Crippen LogP contribution in [-0.2, 0) is 11.2 Å². The van der Waals surface area contributed by atoms with Gasteiger partial charge in [0.1, 0.15) is 5.82 Å². The third kappa shape index (κ3) is 4.35. The summed E-state index contributed by atoms with van der Waals surface area (Å²) in [6.07, 6.45) is 4.48. The second kappa shape index (κ2) is 8.46. The van der Waals surface area contributed by atoms with E-state index in [1.807, 2.05) is 4.90 Å². The number of aromatic nitrogens is 2. The fourth-order valence-electron chi connectivity index (χ4n) is 3.47. The van der Waals surface area contributed by atoms with Gasteiger partial charge in [0.25, 0.3) is 5.91 Å². The van der Waals surface area contributed by atoms with Gasteiger partial charge < -0.3 is 9.80 Å². The molecule has 2 aromatic rings. The summed E-state index contributed by atoms with van der Waals surface area (Å²) in [7, 11) is 3.37. The predicted octanol–water partition coefficient (Wildman–Crippen LogP) is 2.92. The molecule has 1 aliphatic heterocycles. The number of hydrogen-bond acceptors (Lipinski definition) is 4. The first-order valence-electron chi connectivity index (χ1n) is 9.46. The Kier molecular flexibility index (Phi) is 6.02. The SMILES string of the molecule is Cc1nc([C@H]2CCCCN2C(=O)Cc2ccc(F)cc2)ncc1C(=O)N(C)C. The Morgan fingerprint density at radius 1 is 1.21 bits per heavy atom. The van der Waals surface area contributed by atoms with Gasteiger partial charge in [-0.3, -0.25) is 9.59 Å². The monoisotopic (exact) mass is 384 g/mol. The molecule has 28 heavy (non-hydrogen) atoms. The van der Waals surface area contributed by atoms with Gasteiger partial charge in [0.15, 0.2) is 5.82 Å². The number of hydrogen-bond donors (Lipinski definition) is 0. The highest BCUT2D eigenvalue weighted by Crippen LogP contribution is 2.30. The second-order valence-corrected chi connectivity index (χ2v) is 7.33. The number of amides is 2. The summed E-state index contributed by atoms with van der Waals surface area (Å²) in [6, 6.07) is 5.79. The van der Waals surface area contributed by atoms with E-state index in [0.29, 0.717) is 23.6 Å². The van der Waals surface area contributed by atoms with Crippen LogP contribution >= 0.6 is 0 Å². The van der Waals surface area contributed by atoms with Crippen LogP contribution in [0.15, 0.2) is 30.5 Å². The van der Waals surface area contributed by atoms with Crippen LogP contribution < -0.4 is 0 Å². The van der Waals surface area contributed by atoms with E-state index in [9.17, 15) is 14.0 Å². The van der Waals surface area contributed by atoms with Crippen molar-refractivity contribution in [3.63, 3.8) is 0 Å². The lowest BCUT2D eigenvalue weighted by Crippen LogP contribution is -2.40. The minimum absolute atomic E-state index is 0.0222. The van der Waals surface area contributed by atoms with Crippen molar-refractivity contribution in [1.29, 1.82) is 0 Å². The number of halogens is 1. The summed E-state index contributed by atoms with van der Waals surface area (Å²) in [5, 5.41) is 0. The van der Waals surface area contributed by atoms with E-state index >= 15 is 0 Å². The average molecular weight is 384 g/mol. The standard InChI is InChI=1S/C21H25FN4O2/c1-14-17(21(28)25(2)3)13-23-20(24-14)18-6-4-5-11-26(18)19(27)12-15-7-9-16(22)10-8-15/h7-10,13,18H,4-6,11-12H2,1-3H3/t18-/m1/s1. The molecule has 0 unspecified atom stereocenters. The highest BCUT2D eigenvalue weighted by molar-refractivity contribution is 5.94. The Bertz CT molecular complexity index is 867. The van der Waals surface area contributed by atoms with E-state index in [2.05, 4.69) is 9.97 Å². The number of piperidine rings is 1. The van der Waals surface area contributed by atoms with Crippen LogP contribution in [0.2, 0.25) is 0 Å². The van der Waals surface area contributed by atoms with E-state index in [1.165, 1.54) is 17.0 Å². The molecule has 1 fully saturated rings. The van der Waals surface area contributed by atoms with Gasteiger partial charge in [-0.1, -0.05) is 12.1 Å². The van der Waals surface area contributed by atoms with Crippen molar-refractivity contribution in [2.24, 2.45) is 0 Å². The van der Waals surface area contributed by atoms with Crippen molar-refractivity contribution in [3.8, 4) is 0 Å². The minimum atomic E-state index is -0.316. The quantitative estimate of drug-likeness (QED) is 0.813. The molecule has 1 atom stereocenters. The maximum Gasteiger partial charge on any atom is 0.256 e. The van der Waals surface area contributed by atoms with Gasteiger partial charge in [-0.25, -0.2) is 14.4 Å². The summed E-state index contributed by atoms with van der Waals surface area (Å²) in [6.45, 7) is 2.43. The van der Waals surface area contributed by atoms with E-state index in [-0.39, 0.29) is 30.1 Å². The summed E-state index contributed by atoms with van der Waals surface area (Å²) in [5.74, 6) is 0.0891. The molecular weight excluding hydrogens is 359 g/mol. The van der Waals surface area contributed by atoms with Gasteiger partial charge in [-0.15, -0.1) is 0 Å². The summed E-state index contributed by atoms with van der Waals surface area (Å²) in [5.41, 5.74) is 1.86. The van der Waals surface area contributed by atoms with Gasteiger partial charge >= 0.3 is 0 Å². The van der Waals surface area contributed by atoms with Gasteiger partial charge in [-0.05, 0) is 43.9 Å². The molecule has 0 spiro atoms. The van der Waals surface area contributed by atoms with Crippen LogP contribution in [-0.4, -0.2) is 52.2 Å². The van der Waals surface area contributed by atoms with Crippen molar-refractivity contribution in [3.05, 3.63) is 58.9 Å². The van der Waals surface area contributed by atoms with Gasteiger partial charge in [0.2, 0.25) is 5.91 Å². The molecule has 2 amide bonds. The lowest BCUT2D eigenvalue weighted by molar-refractivity contribution is -0.134. The fourth-order valence-corrected chi connectivity index (χ4v) is 3.47. The van der Waals surface area contributed by atoms with Crippen molar-refractivity contribution in [2.45, 2.75) is 38.6 Å². The van der Waals surface area contributed by atoms with Crippen LogP contribution in [0.1, 0.15) is 52.7 Å². The molecule has 0 N–H and O–H groups in total. The Hall–Kier alpha value is -2.83. The summed E-state index contributed by atoms with van der Waals surface area (Å²) in [4.78, 5) is 37.4. The summed E-state index contributed by atoms with van der Waals surface area (Å²) < 4.78 is 13.1. The molecule has 148 valence electrons. The molecule has 3 rings (SSSR count). The number of benzene rings is 1. The normalized spacial score (nSPS) is 16.7. The van der Waals surface area contributed by atoms with Gasteiger partial charge in [0, 0.05) is 26.8 Å². The first-order valence-corrected chi connectivity index (χ1v) is 9.46. The number of nitrogens with zero attached hydrogens (tertiary/aromatic N) is 4. The average Bonchev–Trinajstić information content (AvgIpc) is 2.69. The molecular formula is C21H25FN4O2. The first kappa shape index (κ1) is 19.9. The summed E-state index contributed by atoms with van der Waals surface area (Å²) >= 11 is 0. The lowest BCUT2D eigenvalue weighted by Gasteiger charge is -2.35. The Balaban J connectivity index is 1.81. The number of carbonyl (C=O) groups excluding carboxylic acids is 2. The van der Waals surface area contributed by atoms with Crippen molar-refractivity contribution in [1.82, 2.24) is 19.8 Å². The van der Waals surface area contributed by atoms with Crippen LogP contribution in [0.4, 0.5) is 4.39 Å². The molecule has 7 heteroatoms. The fraction of sp³-hybridized carbons (Fsp3) is 0.429. The maximum absolute atomic E-state index is 13.1. The zero-order valence-electron chi connectivity index (χ0n) is 16.5. The third-order valence-electron chi connectivity index (χ3n) is 5.02. The number of rotatable bonds is 4. The molecule has 0 saturated carbocycles.